The summed E-state index contributed by atoms with van der Waals surface area (Å²) in [6, 6.07) is 15.4. The van der Waals surface area contributed by atoms with E-state index in [1.807, 2.05) is 16.9 Å². The summed E-state index contributed by atoms with van der Waals surface area (Å²) in [5, 5.41) is 5.53. The minimum absolute atomic E-state index is 0.0105. The number of nitrogen functional groups attached to an aromatic ring is 1. The number of hydrogen-bond acceptors (Lipinski definition) is 3. The topological polar surface area (TPSA) is 43.0 Å². The van der Waals surface area contributed by atoms with Gasteiger partial charge in [-0.2, -0.15) is 0 Å². The lowest BCUT2D eigenvalue weighted by atomic mass is 9.68. The van der Waals surface area contributed by atoms with Crippen LogP contribution in [0.2, 0.25) is 0 Å². The number of thiophene rings is 1. The molecule has 1 saturated carbocycles. The number of rotatable bonds is 6. The number of nitrogens with one attached hydrogen (secondary N) is 1. The molecule has 11 rings (SSSR count). The van der Waals surface area contributed by atoms with Crippen molar-refractivity contribution in [1.82, 2.24) is 9.88 Å². The number of para-hydroxylation sites is 1. The van der Waals surface area contributed by atoms with Gasteiger partial charge in [0, 0.05) is 37.8 Å². The smallest absolute Gasteiger partial charge is 0.0733 e. The third-order valence-corrected chi connectivity index (χ3v) is 15.3. The van der Waals surface area contributed by atoms with Gasteiger partial charge in [-0.25, -0.2) is 0 Å². The second-order valence-corrected chi connectivity index (χ2v) is 17.6. The summed E-state index contributed by atoms with van der Waals surface area (Å²) < 4.78 is 4.04. The van der Waals surface area contributed by atoms with Gasteiger partial charge in [-0.15, -0.1) is 11.3 Å². The van der Waals surface area contributed by atoms with E-state index < -0.39 is 0 Å². The molecule has 3 nitrogen and oxygen atoms in total. The average Bonchev–Trinajstić information content (AvgIpc) is 3.98. The zero-order chi connectivity index (χ0) is 35.1. The first-order valence-corrected chi connectivity index (χ1v) is 21.2. The van der Waals surface area contributed by atoms with E-state index in [0.29, 0.717) is 11.3 Å². The number of anilines is 1. The molecule has 4 aromatic rings. The Labute approximate surface area is 318 Å². The molecule has 266 valence electrons. The van der Waals surface area contributed by atoms with Crippen molar-refractivity contribution >= 4 is 45.3 Å². The van der Waals surface area contributed by atoms with E-state index >= 15 is 0 Å². The minimum atomic E-state index is -0.0105. The van der Waals surface area contributed by atoms with Gasteiger partial charge in [0.15, 0.2) is 0 Å². The Kier molecular flexibility index (Phi) is 7.63. The Bertz CT molecular complexity index is 2410. The first-order valence-electron chi connectivity index (χ1n) is 20.4. The molecule has 1 spiro atoms. The van der Waals surface area contributed by atoms with Gasteiger partial charge in [0.25, 0.3) is 0 Å². The van der Waals surface area contributed by atoms with Crippen molar-refractivity contribution in [3.05, 3.63) is 151 Å². The van der Waals surface area contributed by atoms with E-state index in [1.54, 1.807) is 22.3 Å². The molecule has 7 aliphatic rings. The van der Waals surface area contributed by atoms with Crippen LogP contribution < -0.4 is 11.1 Å². The van der Waals surface area contributed by atoms with E-state index in [0.717, 1.165) is 56.4 Å². The van der Waals surface area contributed by atoms with Crippen LogP contribution in [0.1, 0.15) is 114 Å². The van der Waals surface area contributed by atoms with Gasteiger partial charge >= 0.3 is 0 Å². The second-order valence-electron chi connectivity index (χ2n) is 16.6. The first kappa shape index (κ1) is 32.1. The van der Waals surface area contributed by atoms with Crippen molar-refractivity contribution in [1.29, 1.82) is 0 Å². The van der Waals surface area contributed by atoms with Crippen LogP contribution in [0.5, 0.6) is 0 Å². The van der Waals surface area contributed by atoms with Gasteiger partial charge in [-0.05, 0) is 145 Å². The summed E-state index contributed by atoms with van der Waals surface area (Å²) in [5.41, 5.74) is 26.2. The number of aryl methyl sites for hydroxylation is 1. The fourth-order valence-corrected chi connectivity index (χ4v) is 13.0. The number of aromatic nitrogens is 1. The van der Waals surface area contributed by atoms with E-state index in [2.05, 4.69) is 107 Å². The van der Waals surface area contributed by atoms with Crippen LogP contribution >= 0.6 is 11.3 Å². The molecule has 0 radical (unpaired) electrons. The molecule has 4 heteroatoms. The first-order chi connectivity index (χ1) is 26.2. The summed E-state index contributed by atoms with van der Waals surface area (Å²) in [5.74, 6) is 0.713. The Morgan fingerprint density at radius 2 is 1.62 bits per heavy atom. The molecule has 3 N–H and O–H groups in total. The molecule has 0 saturated heterocycles. The maximum absolute atomic E-state index is 6.77. The van der Waals surface area contributed by atoms with E-state index in [-0.39, 0.29) is 6.04 Å². The van der Waals surface area contributed by atoms with Crippen LogP contribution in [0.4, 0.5) is 5.69 Å². The Balaban J connectivity index is 0.963. The fourth-order valence-electron chi connectivity index (χ4n) is 11.7. The SMILES string of the molecule is Nc1ccccc1C(NCn1c2c(c3c1CCC(C1=CC4=C(CC1)C1(CCCC1)C1CC=CC=C41)=C3)C=CCC2)c1cccc2c3c(sc12)C=CCC3. The quantitative estimate of drug-likeness (QED) is 0.196. The van der Waals surface area contributed by atoms with Crippen molar-refractivity contribution in [2.24, 2.45) is 11.3 Å². The zero-order valence-corrected chi connectivity index (χ0v) is 31.5. The van der Waals surface area contributed by atoms with Crippen molar-refractivity contribution in [2.45, 2.75) is 96.2 Å². The predicted octanol–water partition coefficient (Wildman–Crippen LogP) is 12.0. The summed E-state index contributed by atoms with van der Waals surface area (Å²) in [4.78, 5) is 1.42. The summed E-state index contributed by atoms with van der Waals surface area (Å²) in [6.45, 7) is 0.763. The molecular weight excluding hydrogens is 663 g/mol. The van der Waals surface area contributed by atoms with E-state index in [9.17, 15) is 0 Å². The van der Waals surface area contributed by atoms with Gasteiger partial charge in [0.2, 0.25) is 0 Å². The molecule has 0 bridgehead atoms. The third kappa shape index (κ3) is 4.94. The molecule has 2 unspecified atom stereocenters. The highest BCUT2D eigenvalue weighted by Gasteiger charge is 2.51. The number of nitrogens with zero attached hydrogens (tertiary/aromatic N) is 1. The number of fused-ring (bicyclic) bond motifs is 10. The normalized spacial score (nSPS) is 22.6. The highest BCUT2D eigenvalue weighted by Crippen LogP contribution is 2.64. The van der Waals surface area contributed by atoms with Crippen LogP contribution in [-0.2, 0) is 25.9 Å². The number of allylic oxidation sites excluding steroid dienone is 11. The average molecular weight is 712 g/mol. The second kappa shape index (κ2) is 12.6. The van der Waals surface area contributed by atoms with Crippen molar-refractivity contribution in [3.63, 3.8) is 0 Å². The number of nitrogens with two attached hydrogens (primary N) is 1. The monoisotopic (exact) mass is 711 g/mol. The maximum Gasteiger partial charge on any atom is 0.0733 e. The van der Waals surface area contributed by atoms with Crippen LogP contribution in [0, 0.1) is 11.3 Å². The number of hydrogen-bond donors (Lipinski definition) is 2. The lowest BCUT2D eigenvalue weighted by molar-refractivity contribution is 0.264. The highest BCUT2D eigenvalue weighted by molar-refractivity contribution is 7.20. The van der Waals surface area contributed by atoms with Crippen LogP contribution in [0.15, 0.2) is 107 Å². The van der Waals surface area contributed by atoms with Crippen LogP contribution in [0.25, 0.3) is 28.3 Å². The van der Waals surface area contributed by atoms with Crippen molar-refractivity contribution in [3.8, 4) is 0 Å². The molecule has 2 atom stereocenters. The van der Waals surface area contributed by atoms with Gasteiger partial charge in [0.1, 0.15) is 0 Å². The van der Waals surface area contributed by atoms with E-state index in [1.165, 1.54) is 93.6 Å². The van der Waals surface area contributed by atoms with Gasteiger partial charge in [-0.3, -0.25) is 5.32 Å². The molecule has 7 aliphatic carbocycles. The standard InChI is InChI=1S/C49H49N3S/c50-43-19-6-2-15-37(43)47(38-17-11-16-36-35-14-4-8-21-46(35)53-48(36)38)51-30-52-44-20-7-3-13-34(44)40-29-32(23-25-45(40)52)31-22-24-42-39(28-31)33-12-1-5-18-41(33)49(42)26-9-10-27-49/h1-3,5-6,8,11-13,15-17,19,21,28-29,41,47,51H,4,7,9-10,14,18,20,22-27,30,50H2. The van der Waals surface area contributed by atoms with Gasteiger partial charge in [-0.1, -0.05) is 97.3 Å². The molecule has 0 aliphatic heterocycles. The molecular formula is C49H49N3S. The lowest BCUT2D eigenvalue weighted by Crippen LogP contribution is -2.28. The predicted molar refractivity (Wildman–Crippen MR) is 224 cm³/mol. The van der Waals surface area contributed by atoms with Gasteiger partial charge < -0.3 is 10.3 Å². The maximum atomic E-state index is 6.77. The van der Waals surface area contributed by atoms with Crippen LogP contribution in [-0.4, -0.2) is 4.57 Å². The highest BCUT2D eigenvalue weighted by atomic mass is 32.1. The Morgan fingerprint density at radius 3 is 2.55 bits per heavy atom. The molecule has 2 heterocycles. The fraction of sp³-hybridized carbons (Fsp3) is 0.347. The molecule has 2 aromatic carbocycles. The van der Waals surface area contributed by atoms with E-state index in [4.69, 9.17) is 5.73 Å². The van der Waals surface area contributed by atoms with Gasteiger partial charge in [0.05, 0.1) is 12.7 Å². The molecule has 53 heavy (non-hydrogen) atoms. The summed E-state index contributed by atoms with van der Waals surface area (Å²) in [7, 11) is 0. The molecule has 2 aromatic heterocycles. The third-order valence-electron chi connectivity index (χ3n) is 14.1. The van der Waals surface area contributed by atoms with Crippen molar-refractivity contribution in [2.75, 3.05) is 5.73 Å². The Hall–Kier alpha value is -4.38. The summed E-state index contributed by atoms with van der Waals surface area (Å²) >= 11 is 1.95. The lowest BCUT2D eigenvalue weighted by Gasteiger charge is -2.36. The molecule has 1 fully saturated rings. The largest absolute Gasteiger partial charge is 0.398 e. The van der Waals surface area contributed by atoms with Crippen LogP contribution in [0.3, 0.4) is 0 Å². The Morgan fingerprint density at radius 1 is 0.811 bits per heavy atom. The summed E-state index contributed by atoms with van der Waals surface area (Å²) in [6.07, 6.45) is 37.9. The minimum Gasteiger partial charge on any atom is -0.398 e. The van der Waals surface area contributed by atoms with Crippen molar-refractivity contribution < 1.29 is 0 Å². The zero-order valence-electron chi connectivity index (χ0n) is 30.7. The molecule has 0 amide bonds. The number of benzene rings is 2.